The molecule has 0 aliphatic carbocycles. The van der Waals surface area contributed by atoms with Gasteiger partial charge in [-0.2, -0.15) is 5.10 Å². The van der Waals surface area contributed by atoms with Crippen molar-refractivity contribution in [1.29, 1.82) is 0 Å². The van der Waals surface area contributed by atoms with Gasteiger partial charge in [0.25, 0.3) is 5.95 Å². The van der Waals surface area contributed by atoms with Crippen LogP contribution in [0.25, 0.3) is 5.95 Å². The molecule has 1 N–H and O–H groups in total. The van der Waals surface area contributed by atoms with Gasteiger partial charge in [0.05, 0.1) is 18.1 Å². The van der Waals surface area contributed by atoms with E-state index in [4.69, 9.17) is 0 Å². The summed E-state index contributed by atoms with van der Waals surface area (Å²) in [5.74, 6) is 0.346. The first kappa shape index (κ1) is 11.3. The fourth-order valence-electron chi connectivity index (χ4n) is 1.18. The highest BCUT2D eigenvalue weighted by atomic mass is 16.1. The lowest BCUT2D eigenvalue weighted by Crippen LogP contribution is -2.18. The summed E-state index contributed by atoms with van der Waals surface area (Å²) in [6.07, 6.45) is 6.52. The summed E-state index contributed by atoms with van der Waals surface area (Å²) in [6, 6.07) is 1.79. The molecule has 2 aromatic heterocycles. The molecule has 0 aliphatic heterocycles. The number of carbonyl (C=O) groups excluding carboxylic acids is 1. The average Bonchev–Trinajstić information content (AvgIpc) is 2.83. The molecule has 0 radical (unpaired) electrons. The molecule has 0 aromatic carbocycles. The first-order valence-electron chi connectivity index (χ1n) is 5.30. The van der Waals surface area contributed by atoms with Crippen LogP contribution in [0.2, 0.25) is 0 Å². The normalized spacial score (nSPS) is 10.5. The van der Waals surface area contributed by atoms with Crippen molar-refractivity contribution in [2.24, 2.45) is 5.92 Å². The Bertz CT molecular complexity index is 489. The second-order valence-corrected chi connectivity index (χ2v) is 3.87. The molecule has 2 rings (SSSR count). The van der Waals surface area contributed by atoms with Gasteiger partial charge in [0, 0.05) is 18.3 Å². The Labute approximate surface area is 98.7 Å². The predicted octanol–water partition coefficient (Wildman–Crippen LogP) is 1.26. The molecule has 0 bridgehead atoms. The van der Waals surface area contributed by atoms with Gasteiger partial charge in [-0.25, -0.2) is 14.6 Å². The van der Waals surface area contributed by atoms with E-state index in [-0.39, 0.29) is 11.8 Å². The van der Waals surface area contributed by atoms with Gasteiger partial charge < -0.3 is 5.32 Å². The number of amides is 1. The van der Waals surface area contributed by atoms with E-state index in [0.717, 1.165) is 0 Å². The highest BCUT2D eigenvalue weighted by Gasteiger charge is 2.07. The van der Waals surface area contributed by atoms with Crippen molar-refractivity contribution in [1.82, 2.24) is 19.7 Å². The molecule has 0 atom stereocenters. The van der Waals surface area contributed by atoms with Crippen LogP contribution >= 0.6 is 0 Å². The zero-order chi connectivity index (χ0) is 12.3. The maximum atomic E-state index is 11.4. The number of hydrogen-bond acceptors (Lipinski definition) is 4. The van der Waals surface area contributed by atoms with Crippen molar-refractivity contribution >= 4 is 11.6 Å². The summed E-state index contributed by atoms with van der Waals surface area (Å²) in [6.45, 7) is 3.66. The molecule has 0 unspecified atom stereocenters. The van der Waals surface area contributed by atoms with E-state index in [0.29, 0.717) is 11.6 Å². The van der Waals surface area contributed by atoms with Crippen molar-refractivity contribution in [3.63, 3.8) is 0 Å². The summed E-state index contributed by atoms with van der Waals surface area (Å²) in [5.41, 5.74) is 0.583. The maximum absolute atomic E-state index is 11.4. The van der Waals surface area contributed by atoms with Crippen molar-refractivity contribution in [2.75, 3.05) is 5.32 Å². The molecule has 2 aromatic rings. The Hall–Kier alpha value is -2.24. The number of hydrogen-bond donors (Lipinski definition) is 1. The van der Waals surface area contributed by atoms with Crippen LogP contribution in [0.5, 0.6) is 0 Å². The maximum Gasteiger partial charge on any atom is 0.250 e. The molecule has 0 fully saturated rings. The Balaban J connectivity index is 2.11. The summed E-state index contributed by atoms with van der Waals surface area (Å²) < 4.78 is 1.55. The van der Waals surface area contributed by atoms with Gasteiger partial charge in [0.1, 0.15) is 0 Å². The van der Waals surface area contributed by atoms with Crippen molar-refractivity contribution in [3.8, 4) is 5.95 Å². The molecular formula is C11H13N5O. The van der Waals surface area contributed by atoms with E-state index in [1.807, 2.05) is 13.8 Å². The van der Waals surface area contributed by atoms with Crippen LogP contribution in [0.15, 0.2) is 30.9 Å². The quantitative estimate of drug-likeness (QED) is 0.863. The Morgan fingerprint density at radius 1 is 1.35 bits per heavy atom. The molecule has 0 saturated heterocycles. The van der Waals surface area contributed by atoms with Crippen molar-refractivity contribution < 1.29 is 4.79 Å². The molecule has 0 saturated carbocycles. The number of carbonyl (C=O) groups is 1. The van der Waals surface area contributed by atoms with Crippen molar-refractivity contribution in [3.05, 3.63) is 30.9 Å². The molecule has 0 aliphatic rings. The van der Waals surface area contributed by atoms with Crippen LogP contribution in [0.3, 0.4) is 0 Å². The van der Waals surface area contributed by atoms with E-state index in [1.165, 1.54) is 0 Å². The summed E-state index contributed by atoms with van der Waals surface area (Å²) >= 11 is 0. The first-order valence-corrected chi connectivity index (χ1v) is 5.30. The van der Waals surface area contributed by atoms with Crippen LogP contribution < -0.4 is 5.32 Å². The third kappa shape index (κ3) is 2.66. The minimum absolute atomic E-state index is 0.0551. The monoisotopic (exact) mass is 231 g/mol. The summed E-state index contributed by atoms with van der Waals surface area (Å²) in [5, 5.41) is 6.73. The minimum Gasteiger partial charge on any atom is -0.323 e. The number of anilines is 1. The van der Waals surface area contributed by atoms with Crippen LogP contribution in [-0.4, -0.2) is 25.7 Å². The number of nitrogens with one attached hydrogen (secondary N) is 1. The Morgan fingerprint density at radius 2 is 2.06 bits per heavy atom. The highest BCUT2D eigenvalue weighted by Crippen LogP contribution is 2.07. The van der Waals surface area contributed by atoms with Gasteiger partial charge in [-0.05, 0) is 6.07 Å². The first-order chi connectivity index (χ1) is 8.16. The largest absolute Gasteiger partial charge is 0.323 e. The van der Waals surface area contributed by atoms with Gasteiger partial charge in [-0.15, -0.1) is 0 Å². The summed E-state index contributed by atoms with van der Waals surface area (Å²) in [7, 11) is 0. The Kier molecular flexibility index (Phi) is 3.13. The van der Waals surface area contributed by atoms with E-state index < -0.39 is 0 Å². The van der Waals surface area contributed by atoms with E-state index in [1.54, 1.807) is 35.5 Å². The lowest BCUT2D eigenvalue weighted by molar-refractivity contribution is -0.118. The van der Waals surface area contributed by atoms with E-state index in [2.05, 4.69) is 20.4 Å². The fourth-order valence-corrected chi connectivity index (χ4v) is 1.18. The number of aromatic nitrogens is 4. The van der Waals surface area contributed by atoms with Gasteiger partial charge in [-0.1, -0.05) is 13.8 Å². The molecule has 88 valence electrons. The van der Waals surface area contributed by atoms with Crippen LogP contribution in [0.1, 0.15) is 13.8 Å². The molecule has 2 heterocycles. The molecular weight excluding hydrogens is 218 g/mol. The topological polar surface area (TPSA) is 72.7 Å². The van der Waals surface area contributed by atoms with E-state index >= 15 is 0 Å². The standard InChI is InChI=1S/C11H13N5O/c1-8(2)10(17)15-9-6-12-11(13-7-9)16-5-3-4-14-16/h3-8H,1-2H3,(H,15,17). The second kappa shape index (κ2) is 4.73. The summed E-state index contributed by atoms with van der Waals surface area (Å²) in [4.78, 5) is 19.7. The molecule has 17 heavy (non-hydrogen) atoms. The lowest BCUT2D eigenvalue weighted by atomic mass is 10.2. The molecule has 0 spiro atoms. The Morgan fingerprint density at radius 3 is 2.59 bits per heavy atom. The fraction of sp³-hybridized carbons (Fsp3) is 0.273. The second-order valence-electron chi connectivity index (χ2n) is 3.87. The van der Waals surface area contributed by atoms with Gasteiger partial charge in [0.15, 0.2) is 0 Å². The zero-order valence-corrected chi connectivity index (χ0v) is 9.66. The van der Waals surface area contributed by atoms with Crippen molar-refractivity contribution in [2.45, 2.75) is 13.8 Å². The average molecular weight is 231 g/mol. The zero-order valence-electron chi connectivity index (χ0n) is 9.66. The van der Waals surface area contributed by atoms with Gasteiger partial charge in [0.2, 0.25) is 5.91 Å². The van der Waals surface area contributed by atoms with Crippen LogP contribution in [-0.2, 0) is 4.79 Å². The predicted molar refractivity (Wildman–Crippen MR) is 62.6 cm³/mol. The highest BCUT2D eigenvalue weighted by molar-refractivity contribution is 5.91. The minimum atomic E-state index is -0.0687. The third-order valence-electron chi connectivity index (χ3n) is 2.14. The van der Waals surface area contributed by atoms with Gasteiger partial charge >= 0.3 is 0 Å². The van der Waals surface area contributed by atoms with Crippen LogP contribution in [0.4, 0.5) is 5.69 Å². The third-order valence-corrected chi connectivity index (χ3v) is 2.14. The number of rotatable bonds is 3. The van der Waals surface area contributed by atoms with Crippen LogP contribution in [0, 0.1) is 5.92 Å². The molecule has 6 heteroatoms. The van der Waals surface area contributed by atoms with Gasteiger partial charge in [-0.3, -0.25) is 4.79 Å². The molecule has 6 nitrogen and oxygen atoms in total. The number of nitrogens with zero attached hydrogens (tertiary/aromatic N) is 4. The SMILES string of the molecule is CC(C)C(=O)Nc1cnc(-n2cccn2)nc1. The van der Waals surface area contributed by atoms with E-state index in [9.17, 15) is 4.79 Å². The smallest absolute Gasteiger partial charge is 0.250 e. The molecule has 1 amide bonds. The lowest BCUT2D eigenvalue weighted by Gasteiger charge is -2.07.